The summed E-state index contributed by atoms with van der Waals surface area (Å²) in [5.74, 6) is 2.30. The van der Waals surface area contributed by atoms with Crippen LogP contribution in [0.5, 0.6) is 17.2 Å². The molecule has 1 unspecified atom stereocenters. The Labute approximate surface area is 126 Å². The number of aryl methyl sites for hydroxylation is 1. The van der Waals surface area contributed by atoms with Gasteiger partial charge in [0.15, 0.2) is 17.3 Å². The molecule has 0 aliphatic carbocycles. The molecule has 4 rings (SSSR count). The topological polar surface area (TPSA) is 85.5 Å². The second kappa shape index (κ2) is 4.66. The molecule has 2 aromatic rings. The molecule has 0 radical (unpaired) electrons. The molecule has 1 aromatic heterocycles. The van der Waals surface area contributed by atoms with Crippen molar-refractivity contribution in [3.63, 3.8) is 0 Å². The molecule has 114 valence electrons. The highest BCUT2D eigenvalue weighted by atomic mass is 16.7. The molecule has 2 aliphatic rings. The lowest BCUT2D eigenvalue weighted by Gasteiger charge is -2.23. The Balaban J connectivity index is 1.86. The summed E-state index contributed by atoms with van der Waals surface area (Å²) in [4.78, 5) is 12.0. The van der Waals surface area contributed by atoms with E-state index in [2.05, 4.69) is 15.5 Å². The van der Waals surface area contributed by atoms with Gasteiger partial charge in [-0.25, -0.2) is 0 Å². The van der Waals surface area contributed by atoms with Crippen molar-refractivity contribution in [3.05, 3.63) is 29.0 Å². The monoisotopic (exact) mass is 301 g/mol. The number of hydrogen-bond acceptors (Lipinski definition) is 5. The fourth-order valence-corrected chi connectivity index (χ4v) is 3.07. The first-order valence-corrected chi connectivity index (χ1v) is 6.99. The van der Waals surface area contributed by atoms with Gasteiger partial charge in [-0.1, -0.05) is 0 Å². The second-order valence-electron chi connectivity index (χ2n) is 5.37. The van der Waals surface area contributed by atoms with Crippen molar-refractivity contribution in [2.24, 2.45) is 0 Å². The van der Waals surface area contributed by atoms with E-state index in [1.165, 1.54) is 0 Å². The first kappa shape index (κ1) is 13.0. The van der Waals surface area contributed by atoms with Crippen LogP contribution in [0, 0.1) is 6.92 Å². The van der Waals surface area contributed by atoms with Crippen molar-refractivity contribution in [2.75, 3.05) is 19.2 Å². The fourth-order valence-electron chi connectivity index (χ4n) is 3.07. The Morgan fingerprint density at radius 3 is 3.05 bits per heavy atom. The molecule has 1 amide bonds. The highest BCUT2D eigenvalue weighted by molar-refractivity contribution is 5.94. The van der Waals surface area contributed by atoms with E-state index in [9.17, 15) is 4.79 Å². The predicted octanol–water partition coefficient (Wildman–Crippen LogP) is 1.93. The maximum atomic E-state index is 12.0. The van der Waals surface area contributed by atoms with Crippen molar-refractivity contribution < 1.29 is 19.0 Å². The van der Waals surface area contributed by atoms with Gasteiger partial charge in [-0.3, -0.25) is 9.89 Å². The van der Waals surface area contributed by atoms with Crippen LogP contribution in [-0.4, -0.2) is 30.0 Å². The molecule has 0 spiro atoms. The number of aromatic nitrogens is 2. The zero-order chi connectivity index (χ0) is 15.3. The minimum atomic E-state index is -0.0918. The minimum Gasteiger partial charge on any atom is -0.493 e. The summed E-state index contributed by atoms with van der Waals surface area (Å²) in [5, 5.41) is 9.87. The summed E-state index contributed by atoms with van der Waals surface area (Å²) in [6, 6.07) is 3.80. The van der Waals surface area contributed by atoms with E-state index in [0.717, 1.165) is 16.8 Å². The van der Waals surface area contributed by atoms with Gasteiger partial charge in [-0.05, 0) is 24.6 Å². The Morgan fingerprint density at radius 1 is 1.36 bits per heavy atom. The molecule has 1 atom stereocenters. The largest absolute Gasteiger partial charge is 0.493 e. The maximum absolute atomic E-state index is 12.0. The van der Waals surface area contributed by atoms with Crippen molar-refractivity contribution in [1.29, 1.82) is 0 Å². The van der Waals surface area contributed by atoms with Gasteiger partial charge in [-0.2, -0.15) is 5.10 Å². The number of ether oxygens (including phenoxy) is 3. The predicted molar refractivity (Wildman–Crippen MR) is 77.5 cm³/mol. The van der Waals surface area contributed by atoms with Gasteiger partial charge in [0.25, 0.3) is 0 Å². The van der Waals surface area contributed by atoms with E-state index < -0.39 is 0 Å². The van der Waals surface area contributed by atoms with Crippen molar-refractivity contribution in [3.8, 4) is 17.2 Å². The van der Waals surface area contributed by atoms with Crippen LogP contribution < -0.4 is 19.5 Å². The van der Waals surface area contributed by atoms with Crippen molar-refractivity contribution in [2.45, 2.75) is 19.3 Å². The van der Waals surface area contributed by atoms with Gasteiger partial charge >= 0.3 is 0 Å². The Bertz CT molecular complexity index is 768. The highest BCUT2D eigenvalue weighted by Gasteiger charge is 2.32. The zero-order valence-corrected chi connectivity index (χ0v) is 12.2. The van der Waals surface area contributed by atoms with Gasteiger partial charge < -0.3 is 19.5 Å². The molecule has 3 heterocycles. The lowest BCUT2D eigenvalue weighted by Crippen LogP contribution is -2.23. The number of nitrogens with zero attached hydrogens (tertiary/aromatic N) is 1. The molecule has 0 saturated carbocycles. The number of carbonyl (C=O) groups is 1. The van der Waals surface area contributed by atoms with Gasteiger partial charge in [-0.15, -0.1) is 0 Å². The number of amides is 1. The van der Waals surface area contributed by atoms with E-state index in [4.69, 9.17) is 14.2 Å². The van der Waals surface area contributed by atoms with Crippen molar-refractivity contribution in [1.82, 2.24) is 10.2 Å². The Hall–Kier alpha value is -2.70. The first-order chi connectivity index (χ1) is 10.7. The highest BCUT2D eigenvalue weighted by Crippen LogP contribution is 2.46. The third-order valence-corrected chi connectivity index (χ3v) is 4.07. The molecule has 0 bridgehead atoms. The van der Waals surface area contributed by atoms with Crippen LogP contribution in [0.15, 0.2) is 12.1 Å². The number of anilines is 1. The summed E-state index contributed by atoms with van der Waals surface area (Å²) < 4.78 is 16.3. The number of nitrogens with one attached hydrogen (secondary N) is 2. The average molecular weight is 301 g/mol. The average Bonchev–Trinajstić information content (AvgIpc) is 3.12. The number of benzene rings is 1. The first-order valence-electron chi connectivity index (χ1n) is 6.99. The summed E-state index contributed by atoms with van der Waals surface area (Å²) in [6.07, 6.45) is 0.357. The van der Waals surface area contributed by atoms with Crippen LogP contribution in [0.25, 0.3) is 0 Å². The van der Waals surface area contributed by atoms with Crippen LogP contribution >= 0.6 is 0 Å². The second-order valence-corrected chi connectivity index (χ2v) is 5.37. The lowest BCUT2D eigenvalue weighted by atomic mass is 9.85. The number of aromatic amines is 1. The standard InChI is InChI=1S/C15H15N3O4/c1-7-13-9(5-12(19)16-15(13)18-17-7)8-3-10(20-2)14-11(4-8)21-6-22-14/h3-4,9H,5-6H2,1-2H3,(H2,16,17,18,19). The van der Waals surface area contributed by atoms with Gasteiger partial charge in [0.05, 0.1) is 7.11 Å². The number of H-pyrrole nitrogens is 1. The summed E-state index contributed by atoms with van der Waals surface area (Å²) in [6.45, 7) is 2.12. The van der Waals surface area contributed by atoms with E-state index in [0.29, 0.717) is 29.5 Å². The SMILES string of the molecule is COc1cc(C2CC(=O)Nc3n[nH]c(C)c32)cc2c1OCO2. The molecule has 7 heteroatoms. The maximum Gasteiger partial charge on any atom is 0.231 e. The summed E-state index contributed by atoms with van der Waals surface area (Å²) in [5.41, 5.74) is 2.89. The fraction of sp³-hybridized carbons (Fsp3) is 0.333. The Morgan fingerprint density at radius 2 is 2.23 bits per heavy atom. The van der Waals surface area contributed by atoms with Crippen molar-refractivity contribution >= 4 is 11.7 Å². The third-order valence-electron chi connectivity index (χ3n) is 4.07. The Kier molecular flexibility index (Phi) is 2.75. The van der Waals surface area contributed by atoms with Gasteiger partial charge in [0, 0.05) is 23.6 Å². The van der Waals surface area contributed by atoms with Crippen LogP contribution in [-0.2, 0) is 4.79 Å². The molecule has 2 N–H and O–H groups in total. The van der Waals surface area contributed by atoms with Gasteiger partial charge in [0.1, 0.15) is 0 Å². The molecule has 0 fully saturated rings. The number of methoxy groups -OCH3 is 1. The number of hydrogen-bond donors (Lipinski definition) is 2. The third kappa shape index (κ3) is 1.82. The van der Waals surface area contributed by atoms with E-state index in [1.54, 1.807) is 7.11 Å². The smallest absolute Gasteiger partial charge is 0.231 e. The molecule has 2 aliphatic heterocycles. The van der Waals surface area contributed by atoms with E-state index in [1.807, 2.05) is 19.1 Å². The molecular weight excluding hydrogens is 286 g/mol. The molecule has 7 nitrogen and oxygen atoms in total. The normalized spacial score (nSPS) is 18.8. The lowest BCUT2D eigenvalue weighted by molar-refractivity contribution is -0.116. The summed E-state index contributed by atoms with van der Waals surface area (Å²) >= 11 is 0. The van der Waals surface area contributed by atoms with Gasteiger partial charge in [0.2, 0.25) is 18.4 Å². The van der Waals surface area contributed by atoms with Crippen LogP contribution in [0.4, 0.5) is 5.82 Å². The molecule has 22 heavy (non-hydrogen) atoms. The zero-order valence-electron chi connectivity index (χ0n) is 12.2. The molecular formula is C15H15N3O4. The summed E-state index contributed by atoms with van der Waals surface area (Å²) in [7, 11) is 1.59. The van der Waals surface area contributed by atoms with E-state index in [-0.39, 0.29) is 18.6 Å². The number of fused-ring (bicyclic) bond motifs is 2. The van der Waals surface area contributed by atoms with Crippen LogP contribution in [0.3, 0.4) is 0 Å². The van der Waals surface area contributed by atoms with E-state index >= 15 is 0 Å². The minimum absolute atomic E-state index is 0.0550. The molecule has 1 aromatic carbocycles. The quantitative estimate of drug-likeness (QED) is 0.885. The van der Waals surface area contributed by atoms with Crippen LogP contribution in [0.1, 0.15) is 29.2 Å². The van der Waals surface area contributed by atoms with Crippen LogP contribution in [0.2, 0.25) is 0 Å². The number of carbonyl (C=O) groups excluding carboxylic acids is 1. The molecule has 0 saturated heterocycles. The number of rotatable bonds is 2.